The Labute approximate surface area is 786 Å². The Morgan fingerprint density at radius 1 is 0.131 bits per heavy atom. The summed E-state index contributed by atoms with van der Waals surface area (Å²) < 4.78 is 0. The molecular formula is C99H165N24O6Rh. The second kappa shape index (κ2) is 38.5. The molecule has 0 spiro atoms. The summed E-state index contributed by atoms with van der Waals surface area (Å²) >= 11 is 0. The third kappa shape index (κ3) is 16.8. The van der Waals surface area contributed by atoms with E-state index in [-0.39, 0.29) is 130 Å². The molecule has 27 aliphatic rings. The van der Waals surface area contributed by atoms with E-state index < -0.39 is 35.7 Å². The third-order valence-electron chi connectivity index (χ3n) is 42.6. The molecule has 24 N–H and O–H groups in total. The van der Waals surface area contributed by atoms with E-state index in [4.69, 9.17) is 0 Å². The molecule has 0 aromatic rings. The van der Waals surface area contributed by atoms with Crippen LogP contribution in [0.1, 0.15) is 289 Å². The summed E-state index contributed by atoms with van der Waals surface area (Å²) in [5.74, 6) is 8.49. The van der Waals surface area contributed by atoms with Gasteiger partial charge in [0.1, 0.15) is 0 Å². The first-order valence-corrected chi connectivity index (χ1v) is 55.2. The molecule has 0 aromatic heterocycles. The van der Waals surface area contributed by atoms with Crippen molar-refractivity contribution < 1.29 is 49.2 Å². The van der Waals surface area contributed by atoms with Gasteiger partial charge in [-0.25, -0.2) is 0 Å². The van der Waals surface area contributed by atoms with Crippen LogP contribution in [0.2, 0.25) is 0 Å². The Hall–Kier alpha value is -1.93. The number of nitrogens with one attached hydrogen (secondary N) is 24. The van der Waals surface area contributed by atoms with Crippen LogP contribution in [0.15, 0.2) is 0 Å². The van der Waals surface area contributed by atoms with Gasteiger partial charge in [0.15, 0.2) is 0 Å². The van der Waals surface area contributed by atoms with Crippen molar-refractivity contribution in [2.75, 3.05) is 0 Å². The number of carboxylic acids is 3. The van der Waals surface area contributed by atoms with Gasteiger partial charge in [-0.1, -0.05) is 135 Å². The van der Waals surface area contributed by atoms with Crippen molar-refractivity contribution in [1.29, 1.82) is 0 Å². The number of carboxylic acid groups (broad SMARTS) is 3. The predicted octanol–water partition coefficient (Wildman–Crippen LogP) is 1.74. The molecule has 12 saturated carbocycles. The smallest absolute Gasteiger partial charge is 0.550 e. The Balaban J connectivity index is 0.000000108. The molecule has 15 aliphatic heterocycles. The van der Waals surface area contributed by atoms with E-state index in [0.29, 0.717) is 180 Å². The number of fused-ring (bicyclic) bond motifs is 60. The minimum Gasteiger partial charge on any atom is -0.550 e. The number of hydrogen-bond acceptors (Lipinski definition) is 30. The van der Waals surface area contributed by atoms with Crippen molar-refractivity contribution in [3.63, 3.8) is 0 Å². The van der Waals surface area contributed by atoms with E-state index in [1.165, 1.54) is 231 Å². The maximum atomic E-state index is 12.5. The molecule has 0 amide bonds. The van der Waals surface area contributed by atoms with Crippen LogP contribution in [0.3, 0.4) is 0 Å². The van der Waals surface area contributed by atoms with Crippen molar-refractivity contribution >= 4 is 17.9 Å². The molecule has 15 saturated heterocycles. The van der Waals surface area contributed by atoms with Crippen LogP contribution in [-0.4, -0.2) is 166 Å². The minimum absolute atomic E-state index is 0. The quantitative estimate of drug-likeness (QED) is 0.179. The number of rotatable bonds is 3. The molecular weight excluding hydrogens is 1720 g/mol. The Kier molecular flexibility index (Phi) is 26.8. The van der Waals surface area contributed by atoms with Crippen LogP contribution in [0.25, 0.3) is 0 Å². The SMILES string of the molecule is O=C([O-])C1CCCC2C3NC4NC(NC5NC(NC6NC(NC(N3)C12)C1CCCCC61)C1CCCCC51)C1CCCCC41.O=C([O-])C1CCCC2C3NC4NC(NC5NC(NC6NC(NC(N3)C12)C1CCCCC61)C1CCCCC51)C1CCCCC41.O=C([O-])C1CCCC2C3NC4NC(NC5NC(NC6NC(NC(N3)C12)C1CCCCC61)C1CCCCC51)C1CCCCC41.[Rh+3]. The summed E-state index contributed by atoms with van der Waals surface area (Å²) in [6.45, 7) is 0. The van der Waals surface area contributed by atoms with Gasteiger partial charge in [-0.3, -0.25) is 128 Å². The van der Waals surface area contributed by atoms with Gasteiger partial charge in [-0.05, 0) is 278 Å². The zero-order valence-corrected chi connectivity index (χ0v) is 79.2. The molecule has 12 aliphatic carbocycles. The van der Waals surface area contributed by atoms with E-state index >= 15 is 0 Å². The number of aliphatic carboxylic acids is 3. The average Bonchev–Trinajstić information content (AvgIpc) is 1.60. The van der Waals surface area contributed by atoms with Crippen molar-refractivity contribution in [3.05, 3.63) is 0 Å². The fourth-order valence-corrected chi connectivity index (χ4v) is 37.0. The van der Waals surface area contributed by atoms with E-state index in [1.807, 2.05) is 0 Å². The molecule has 130 heavy (non-hydrogen) atoms. The second-order valence-corrected chi connectivity index (χ2v) is 48.3. The zero-order valence-electron chi connectivity index (χ0n) is 77.5. The van der Waals surface area contributed by atoms with Crippen LogP contribution < -0.4 is 143 Å². The van der Waals surface area contributed by atoms with Crippen molar-refractivity contribution in [1.82, 2.24) is 128 Å². The van der Waals surface area contributed by atoms with Crippen LogP contribution in [-0.2, 0) is 33.9 Å². The summed E-state index contributed by atoms with van der Waals surface area (Å²) in [5.41, 5.74) is 0. The minimum atomic E-state index is -0.857. The first-order chi connectivity index (χ1) is 63.4. The van der Waals surface area contributed by atoms with Gasteiger partial charge < -0.3 is 29.7 Å². The van der Waals surface area contributed by atoms with Crippen molar-refractivity contribution in [2.45, 2.75) is 437 Å². The molecule has 0 aromatic carbocycles. The first kappa shape index (κ1) is 90.6. The molecule has 27 fully saturated rings. The van der Waals surface area contributed by atoms with E-state index in [9.17, 15) is 29.7 Å². The van der Waals surface area contributed by atoms with Crippen LogP contribution >= 0.6 is 0 Å². The molecule has 24 bridgehead atoms. The number of carbonyl (C=O) groups excluding carboxylic acids is 3. The molecule has 30 nitrogen and oxygen atoms in total. The Morgan fingerprint density at radius 2 is 0.223 bits per heavy atom. The summed E-state index contributed by atoms with van der Waals surface area (Å²) in [6.07, 6.45) is 60.4. The van der Waals surface area contributed by atoms with Gasteiger partial charge in [-0.2, -0.15) is 0 Å². The van der Waals surface area contributed by atoms with Gasteiger partial charge in [0, 0.05) is 53.4 Å². The van der Waals surface area contributed by atoms with Gasteiger partial charge in [0.05, 0.1) is 148 Å². The Morgan fingerprint density at radius 3 is 0.331 bits per heavy atom. The maximum Gasteiger partial charge on any atom is 3.00 e. The van der Waals surface area contributed by atoms with Crippen LogP contribution in [0.4, 0.5) is 0 Å². The molecule has 726 valence electrons. The molecule has 31 heteroatoms. The molecule has 15 heterocycles. The average molecular weight is 1890 g/mol. The summed E-state index contributed by atoms with van der Waals surface area (Å²) in [6, 6.07) is 0. The normalized spacial score (nSPS) is 55.6. The summed E-state index contributed by atoms with van der Waals surface area (Å²) in [5, 5.41) is 136. The molecule has 27 rings (SSSR count). The van der Waals surface area contributed by atoms with Gasteiger partial charge in [0.2, 0.25) is 0 Å². The maximum absolute atomic E-state index is 12.5. The Bertz CT molecular complexity index is 3530. The number of hydrogen-bond donors (Lipinski definition) is 24. The molecule has 51 atom stereocenters. The monoisotopic (exact) mass is 1890 g/mol. The topological polar surface area (TPSA) is 409 Å². The van der Waals surface area contributed by atoms with E-state index in [2.05, 4.69) is 128 Å². The first-order valence-electron chi connectivity index (χ1n) is 55.2. The van der Waals surface area contributed by atoms with Gasteiger partial charge in [0.25, 0.3) is 0 Å². The standard InChI is InChI=1S/3C33H56N8O2.Rh/c3*42-33(43)23-15-7-14-22-24(23)32-40-30-21-13-6-5-12-20(21)28(38-30)36-26-17-9-2-1-8-16(17)25(34-26)35-27-18-10-3-4-11-19(18)29(37-27)39-31(22)41-32;/h3*16-32,34-41H,1-15H2,(H,42,43);/q;;;+3/p-3. The summed E-state index contributed by atoms with van der Waals surface area (Å²) in [4.78, 5) is 37.6. The number of carbonyl (C=O) groups is 3. The van der Waals surface area contributed by atoms with Crippen LogP contribution in [0, 0.1) is 160 Å². The van der Waals surface area contributed by atoms with Crippen molar-refractivity contribution in [2.24, 2.45) is 160 Å². The molecule has 51 unspecified atom stereocenters. The van der Waals surface area contributed by atoms with E-state index in [1.54, 1.807) is 0 Å². The summed E-state index contributed by atoms with van der Waals surface area (Å²) in [7, 11) is 0. The van der Waals surface area contributed by atoms with Crippen molar-refractivity contribution in [3.8, 4) is 0 Å². The third-order valence-corrected chi connectivity index (χ3v) is 42.6. The zero-order chi connectivity index (χ0) is 86.0. The largest absolute Gasteiger partial charge is 3.00 e. The van der Waals surface area contributed by atoms with Gasteiger partial charge >= 0.3 is 19.5 Å². The second-order valence-electron chi connectivity index (χ2n) is 48.3. The predicted molar refractivity (Wildman–Crippen MR) is 483 cm³/mol. The fraction of sp³-hybridized carbons (Fsp3) is 0.970. The fourth-order valence-electron chi connectivity index (χ4n) is 37.0. The van der Waals surface area contributed by atoms with Gasteiger partial charge in [-0.15, -0.1) is 0 Å². The van der Waals surface area contributed by atoms with Crippen LogP contribution in [0.5, 0.6) is 0 Å². The van der Waals surface area contributed by atoms with E-state index in [0.717, 1.165) is 57.8 Å². The molecule has 0 radical (unpaired) electrons.